The molecule has 3 heterocycles. The van der Waals surface area contributed by atoms with Crippen LogP contribution in [0, 0.1) is 0 Å². The molecule has 2 aliphatic heterocycles. The van der Waals surface area contributed by atoms with Crippen molar-refractivity contribution in [3.63, 3.8) is 0 Å². The molecule has 46 heavy (non-hydrogen) atoms. The van der Waals surface area contributed by atoms with Gasteiger partial charge in [0.25, 0.3) is 0 Å². The fraction of sp³-hybridized carbons (Fsp3) is 0.464. The molecule has 2 fully saturated rings. The Morgan fingerprint density at radius 1 is 0.761 bits per heavy atom. The summed E-state index contributed by atoms with van der Waals surface area (Å²) in [6.45, 7) is -1.38. The Labute approximate surface area is 257 Å². The summed E-state index contributed by atoms with van der Waals surface area (Å²) in [5.74, 6) is -4.24. The Bertz CT molecular complexity index is 1620. The van der Waals surface area contributed by atoms with Crippen molar-refractivity contribution in [2.75, 3.05) is 20.3 Å². The smallest absolute Gasteiger partial charge is 0.238 e. The molecular formula is C28H32O18. The molecule has 3 aromatic rings. The highest BCUT2D eigenvalue weighted by atomic mass is 16.7. The van der Waals surface area contributed by atoms with Crippen molar-refractivity contribution >= 4 is 11.0 Å². The first-order chi connectivity index (χ1) is 21.8. The van der Waals surface area contributed by atoms with E-state index in [1.807, 2.05) is 0 Å². The molecule has 18 heteroatoms. The van der Waals surface area contributed by atoms with Crippen LogP contribution in [0.5, 0.6) is 34.5 Å². The lowest BCUT2D eigenvalue weighted by Gasteiger charge is -2.42. The number of aliphatic hydroxyl groups is 7. The standard InChI is InChI=1S/C28H32O18/c1-41-26-12(5-11-15(19(26)35)18(34)22(38)25(43-11)8-2-3-9(30)10(31)4-8)44-28-24(40)21(37)17(33)14(46-28)7-42-27-23(39)20(36)16(32)13(6-29)45-27/h2-5,13-14,16-17,20-21,23-24,27-33,35-40H,6-7H2,1H3/t13-,14-,16-,17-,20+,21+,23-,24-,27-,28-/m1/s1. The number of hydrogen-bond donors (Lipinski definition) is 11. The second kappa shape index (κ2) is 13.0. The third-order valence-corrected chi connectivity index (χ3v) is 7.68. The van der Waals surface area contributed by atoms with Crippen LogP contribution >= 0.6 is 0 Å². The van der Waals surface area contributed by atoms with Crippen LogP contribution in [0.3, 0.4) is 0 Å². The van der Waals surface area contributed by atoms with Crippen LogP contribution in [0.25, 0.3) is 22.3 Å². The van der Waals surface area contributed by atoms with Gasteiger partial charge >= 0.3 is 0 Å². The number of hydrogen-bond acceptors (Lipinski definition) is 18. The van der Waals surface area contributed by atoms with Gasteiger partial charge in [0.1, 0.15) is 59.8 Å². The van der Waals surface area contributed by atoms with Crippen molar-refractivity contribution in [1.29, 1.82) is 0 Å². The van der Waals surface area contributed by atoms with E-state index in [0.29, 0.717) is 0 Å². The monoisotopic (exact) mass is 656 g/mol. The van der Waals surface area contributed by atoms with Gasteiger partial charge in [0, 0.05) is 11.6 Å². The van der Waals surface area contributed by atoms with Crippen molar-refractivity contribution in [3.05, 3.63) is 34.5 Å². The molecule has 11 N–H and O–H groups in total. The van der Waals surface area contributed by atoms with Crippen molar-refractivity contribution in [3.8, 4) is 45.8 Å². The van der Waals surface area contributed by atoms with E-state index in [2.05, 4.69) is 0 Å². The van der Waals surface area contributed by atoms with Crippen LogP contribution in [-0.4, -0.2) is 138 Å². The number of methoxy groups -OCH3 is 1. The van der Waals surface area contributed by atoms with Crippen LogP contribution in [0.15, 0.2) is 33.5 Å². The molecule has 1 aromatic heterocycles. The third kappa shape index (κ3) is 5.86. The van der Waals surface area contributed by atoms with E-state index in [4.69, 9.17) is 28.1 Å². The van der Waals surface area contributed by atoms with Crippen molar-refractivity contribution < 1.29 is 84.3 Å². The zero-order valence-electron chi connectivity index (χ0n) is 23.8. The van der Waals surface area contributed by atoms with Crippen LogP contribution in [-0.2, 0) is 14.2 Å². The van der Waals surface area contributed by atoms with Gasteiger partial charge in [-0.25, -0.2) is 0 Å². The number of aliphatic hydroxyl groups excluding tert-OH is 7. The maximum atomic E-state index is 13.1. The average Bonchev–Trinajstić information content (AvgIpc) is 3.03. The zero-order chi connectivity index (χ0) is 33.6. The van der Waals surface area contributed by atoms with Crippen LogP contribution in [0.1, 0.15) is 0 Å². The van der Waals surface area contributed by atoms with Gasteiger partial charge in [-0.05, 0) is 18.2 Å². The lowest BCUT2D eigenvalue weighted by atomic mass is 9.98. The summed E-state index contributed by atoms with van der Waals surface area (Å²) in [6, 6.07) is 4.34. The minimum absolute atomic E-state index is 0.0324. The first-order valence-corrected chi connectivity index (χ1v) is 13.7. The maximum Gasteiger partial charge on any atom is 0.238 e. The maximum absolute atomic E-state index is 13.1. The van der Waals surface area contributed by atoms with Gasteiger partial charge in [-0.2, -0.15) is 0 Å². The summed E-state index contributed by atoms with van der Waals surface area (Å²) >= 11 is 0. The van der Waals surface area contributed by atoms with E-state index >= 15 is 0 Å². The number of ether oxygens (including phenoxy) is 5. The summed E-state index contributed by atoms with van der Waals surface area (Å²) in [4.78, 5) is 13.1. The van der Waals surface area contributed by atoms with Gasteiger partial charge in [-0.3, -0.25) is 4.79 Å². The molecule has 0 bridgehead atoms. The van der Waals surface area contributed by atoms with Crippen molar-refractivity contribution in [2.24, 2.45) is 0 Å². The molecule has 0 saturated carbocycles. The molecule has 0 amide bonds. The molecule has 0 aliphatic carbocycles. The normalized spacial score (nSPS) is 31.6. The molecule has 0 unspecified atom stereocenters. The molecule has 0 radical (unpaired) electrons. The third-order valence-electron chi connectivity index (χ3n) is 7.68. The van der Waals surface area contributed by atoms with Crippen LogP contribution in [0.2, 0.25) is 0 Å². The number of phenols is 3. The zero-order valence-corrected chi connectivity index (χ0v) is 23.8. The number of aromatic hydroxyl groups is 4. The van der Waals surface area contributed by atoms with Gasteiger partial charge in [-0.15, -0.1) is 0 Å². The van der Waals surface area contributed by atoms with Gasteiger partial charge in [0.2, 0.25) is 23.2 Å². The topological polar surface area (TPSA) is 299 Å². The molecule has 0 spiro atoms. The Kier molecular flexibility index (Phi) is 9.47. The van der Waals surface area contributed by atoms with Gasteiger partial charge in [0.05, 0.1) is 20.3 Å². The Morgan fingerprint density at radius 3 is 2.02 bits per heavy atom. The SMILES string of the molecule is COc1c(O[C@@H]2O[C@H](CO[C@@H]3O[C@H](CO)[C@@H](O)[C@H](O)[C@H]3O)[C@@H](O)[C@H](O)[C@H]2O)cc2oc(-c3ccc(O)c(O)c3)c(O)c(=O)c2c1O. The molecule has 2 saturated heterocycles. The minimum atomic E-state index is -1.93. The number of rotatable bonds is 8. The molecule has 5 rings (SSSR count). The highest BCUT2D eigenvalue weighted by Crippen LogP contribution is 2.45. The average molecular weight is 657 g/mol. The fourth-order valence-corrected chi connectivity index (χ4v) is 5.10. The largest absolute Gasteiger partial charge is 0.504 e. The number of fused-ring (bicyclic) bond motifs is 1. The summed E-state index contributed by atoms with van der Waals surface area (Å²) in [5, 5.41) is 112. The predicted octanol–water partition coefficient (Wildman–Crippen LogP) is -2.71. The Morgan fingerprint density at radius 2 is 1.39 bits per heavy atom. The Balaban J connectivity index is 1.44. The van der Waals surface area contributed by atoms with E-state index in [1.54, 1.807) is 0 Å². The van der Waals surface area contributed by atoms with E-state index in [1.165, 1.54) is 6.07 Å². The number of phenolic OH excluding ortho intramolecular Hbond substituents is 3. The molecule has 2 aromatic carbocycles. The molecule has 2 aliphatic rings. The van der Waals surface area contributed by atoms with Crippen molar-refractivity contribution in [2.45, 2.75) is 61.4 Å². The fourth-order valence-electron chi connectivity index (χ4n) is 5.10. The molecular weight excluding hydrogens is 624 g/mol. The summed E-state index contributed by atoms with van der Waals surface area (Å²) in [5.41, 5.74) is -1.52. The summed E-state index contributed by atoms with van der Waals surface area (Å²) < 4.78 is 32.8. The summed E-state index contributed by atoms with van der Waals surface area (Å²) in [6.07, 6.45) is -17.0. The van der Waals surface area contributed by atoms with Crippen molar-refractivity contribution in [1.82, 2.24) is 0 Å². The lowest BCUT2D eigenvalue weighted by Crippen LogP contribution is -2.62. The lowest BCUT2D eigenvalue weighted by molar-refractivity contribution is -0.323. The number of benzene rings is 2. The van der Waals surface area contributed by atoms with E-state index in [0.717, 1.165) is 25.3 Å². The van der Waals surface area contributed by atoms with Crippen LogP contribution < -0.4 is 14.9 Å². The van der Waals surface area contributed by atoms with Crippen LogP contribution in [0.4, 0.5) is 0 Å². The second-order valence-corrected chi connectivity index (χ2v) is 10.6. The van der Waals surface area contributed by atoms with Gasteiger partial charge < -0.3 is 84.3 Å². The van der Waals surface area contributed by atoms with Gasteiger partial charge in [0.15, 0.2) is 35.0 Å². The van der Waals surface area contributed by atoms with Gasteiger partial charge in [-0.1, -0.05) is 0 Å². The molecule has 18 nitrogen and oxygen atoms in total. The second-order valence-electron chi connectivity index (χ2n) is 10.6. The summed E-state index contributed by atoms with van der Waals surface area (Å²) in [7, 11) is 1.09. The molecule has 10 atom stereocenters. The predicted molar refractivity (Wildman–Crippen MR) is 148 cm³/mol. The Hall–Kier alpha value is -3.95. The minimum Gasteiger partial charge on any atom is -0.504 e. The first-order valence-electron chi connectivity index (χ1n) is 13.7. The quantitative estimate of drug-likeness (QED) is 0.110. The van der Waals surface area contributed by atoms with E-state index in [-0.39, 0.29) is 11.1 Å². The first kappa shape index (κ1) is 33.4. The van der Waals surface area contributed by atoms with E-state index in [9.17, 15) is 61.0 Å². The van der Waals surface area contributed by atoms with E-state index < -0.39 is 126 Å². The highest BCUT2D eigenvalue weighted by molar-refractivity contribution is 5.91. The highest BCUT2D eigenvalue weighted by Gasteiger charge is 2.48. The molecule has 252 valence electrons.